The molecule has 0 atom stereocenters. The Morgan fingerprint density at radius 2 is 1.88 bits per heavy atom. The molecule has 1 N–H and O–H groups in total. The molecule has 0 aliphatic carbocycles. The number of nitriles is 1. The smallest absolute Gasteiger partial charge is 0.323 e. The van der Waals surface area contributed by atoms with E-state index in [0.29, 0.717) is 18.9 Å². The van der Waals surface area contributed by atoms with Crippen LogP contribution in [0.1, 0.15) is 39.3 Å². The number of urea groups is 1. The molecule has 2 amide bonds. The zero-order valence-corrected chi connectivity index (χ0v) is 15.6. The van der Waals surface area contributed by atoms with E-state index in [4.69, 9.17) is 10.4 Å². The molecule has 0 bridgehead atoms. The number of carbonyl (C=O) groups excluding carboxylic acids is 1. The van der Waals surface area contributed by atoms with E-state index in [1.54, 1.807) is 9.58 Å². The van der Waals surface area contributed by atoms with Crippen LogP contribution in [-0.4, -0.2) is 33.8 Å². The van der Waals surface area contributed by atoms with Gasteiger partial charge in [-0.1, -0.05) is 39.0 Å². The van der Waals surface area contributed by atoms with Gasteiger partial charge in [-0.15, -0.1) is 0 Å². The highest BCUT2D eigenvalue weighted by Crippen LogP contribution is 2.27. The first kappa shape index (κ1) is 18.0. The number of carbonyl (C=O) groups is 1. The molecule has 6 heteroatoms. The van der Waals surface area contributed by atoms with Crippen molar-refractivity contribution in [2.75, 3.05) is 18.4 Å². The monoisotopic (exact) mass is 351 g/mol. The molecule has 0 saturated carbocycles. The lowest BCUT2D eigenvalue weighted by molar-refractivity contribution is 0.192. The normalized spacial score (nSPS) is 15.5. The third kappa shape index (κ3) is 3.88. The summed E-state index contributed by atoms with van der Waals surface area (Å²) in [6.45, 7) is 7.51. The fraction of sp³-hybridized carbons (Fsp3) is 0.450. The van der Waals surface area contributed by atoms with Gasteiger partial charge in [-0.05, 0) is 25.0 Å². The number of hydrogen-bond acceptors (Lipinski definition) is 3. The van der Waals surface area contributed by atoms with E-state index < -0.39 is 0 Å². The summed E-state index contributed by atoms with van der Waals surface area (Å²) in [5.41, 5.74) is 1.70. The van der Waals surface area contributed by atoms with Crippen LogP contribution in [-0.2, 0) is 5.41 Å². The average molecular weight is 351 g/mol. The first-order valence-corrected chi connectivity index (χ1v) is 9.00. The van der Waals surface area contributed by atoms with Crippen molar-refractivity contribution in [1.82, 2.24) is 14.7 Å². The number of benzene rings is 1. The van der Waals surface area contributed by atoms with Crippen molar-refractivity contribution in [1.29, 1.82) is 5.26 Å². The number of piperidine rings is 1. The fourth-order valence-electron chi connectivity index (χ4n) is 3.00. The van der Waals surface area contributed by atoms with Gasteiger partial charge >= 0.3 is 6.03 Å². The number of likely N-dealkylation sites (tertiary alicyclic amines) is 1. The Bertz CT molecular complexity index is 805. The van der Waals surface area contributed by atoms with Crippen molar-refractivity contribution in [2.24, 2.45) is 5.92 Å². The number of hydrogen-bond donors (Lipinski definition) is 1. The van der Waals surface area contributed by atoms with Crippen LogP contribution >= 0.6 is 0 Å². The lowest BCUT2D eigenvalue weighted by Crippen LogP contribution is -2.41. The van der Waals surface area contributed by atoms with Gasteiger partial charge in [0.15, 0.2) is 0 Å². The van der Waals surface area contributed by atoms with E-state index in [1.165, 1.54) is 0 Å². The Hall–Kier alpha value is -2.81. The second kappa shape index (κ2) is 7.20. The molecule has 136 valence electrons. The third-order valence-corrected chi connectivity index (χ3v) is 4.68. The number of para-hydroxylation sites is 1. The largest absolute Gasteiger partial charge is 0.324 e. The Kier molecular flexibility index (Phi) is 4.99. The fourth-order valence-corrected chi connectivity index (χ4v) is 3.00. The summed E-state index contributed by atoms with van der Waals surface area (Å²) in [7, 11) is 0. The second-order valence-electron chi connectivity index (χ2n) is 7.73. The SMILES string of the molecule is CC(C)(C)c1cc(NC(=O)N2CCC(C#N)CC2)n(-c2ccccc2)n1. The highest BCUT2D eigenvalue weighted by atomic mass is 16.2. The molecule has 0 unspecified atom stereocenters. The van der Waals surface area contributed by atoms with Gasteiger partial charge in [0.25, 0.3) is 0 Å². The number of anilines is 1. The number of nitrogens with one attached hydrogen (secondary N) is 1. The highest BCUT2D eigenvalue weighted by Gasteiger charge is 2.25. The maximum Gasteiger partial charge on any atom is 0.323 e. The van der Waals surface area contributed by atoms with Gasteiger partial charge in [0.05, 0.1) is 17.5 Å². The lowest BCUT2D eigenvalue weighted by Gasteiger charge is -2.29. The number of rotatable bonds is 2. The van der Waals surface area contributed by atoms with Crippen molar-refractivity contribution in [3.05, 3.63) is 42.1 Å². The predicted octanol–water partition coefficient (Wildman–Crippen LogP) is 3.94. The van der Waals surface area contributed by atoms with E-state index in [-0.39, 0.29) is 17.4 Å². The molecule has 26 heavy (non-hydrogen) atoms. The summed E-state index contributed by atoms with van der Waals surface area (Å²) in [6, 6.07) is 13.9. The second-order valence-corrected chi connectivity index (χ2v) is 7.73. The van der Waals surface area contributed by atoms with Gasteiger partial charge in [-0.3, -0.25) is 5.32 Å². The minimum absolute atomic E-state index is 0.0568. The minimum Gasteiger partial charge on any atom is -0.324 e. The average Bonchev–Trinajstić information content (AvgIpc) is 3.06. The Morgan fingerprint density at radius 3 is 2.46 bits per heavy atom. The van der Waals surface area contributed by atoms with Crippen molar-refractivity contribution < 1.29 is 4.79 Å². The molecule has 1 aromatic heterocycles. The molecule has 2 aromatic rings. The van der Waals surface area contributed by atoms with Crippen LogP contribution < -0.4 is 5.32 Å². The predicted molar refractivity (Wildman–Crippen MR) is 101 cm³/mol. The Balaban J connectivity index is 1.84. The Labute approximate surface area is 154 Å². The molecule has 1 aromatic carbocycles. The number of aromatic nitrogens is 2. The lowest BCUT2D eigenvalue weighted by atomic mass is 9.92. The molecule has 2 heterocycles. The summed E-state index contributed by atoms with van der Waals surface area (Å²) >= 11 is 0. The van der Waals surface area contributed by atoms with Crippen LogP contribution in [0.3, 0.4) is 0 Å². The van der Waals surface area contributed by atoms with E-state index in [1.807, 2.05) is 36.4 Å². The van der Waals surface area contributed by atoms with Gasteiger partial charge in [0.1, 0.15) is 5.82 Å². The molecule has 0 spiro atoms. The standard InChI is InChI=1S/C20H25N5O/c1-20(2,3)17-13-18(25(23-17)16-7-5-4-6-8-16)22-19(26)24-11-9-15(14-21)10-12-24/h4-8,13,15H,9-12H2,1-3H3,(H,22,26). The van der Waals surface area contributed by atoms with Gasteiger partial charge in [0, 0.05) is 30.5 Å². The van der Waals surface area contributed by atoms with Crippen molar-refractivity contribution in [3.63, 3.8) is 0 Å². The van der Waals surface area contributed by atoms with E-state index in [0.717, 1.165) is 24.2 Å². The molecular weight excluding hydrogens is 326 g/mol. The zero-order chi connectivity index (χ0) is 18.7. The summed E-state index contributed by atoms with van der Waals surface area (Å²) in [5, 5.41) is 16.7. The van der Waals surface area contributed by atoms with Crippen LogP contribution in [0, 0.1) is 17.2 Å². The molecule has 1 saturated heterocycles. The van der Waals surface area contributed by atoms with Gasteiger partial charge in [-0.25, -0.2) is 9.48 Å². The van der Waals surface area contributed by atoms with Crippen LogP contribution in [0.4, 0.5) is 10.6 Å². The first-order chi connectivity index (χ1) is 12.4. The zero-order valence-electron chi connectivity index (χ0n) is 15.6. The molecule has 1 aliphatic heterocycles. The maximum absolute atomic E-state index is 12.7. The third-order valence-electron chi connectivity index (χ3n) is 4.68. The van der Waals surface area contributed by atoms with E-state index >= 15 is 0 Å². The number of nitrogens with zero attached hydrogens (tertiary/aromatic N) is 4. The van der Waals surface area contributed by atoms with E-state index in [2.05, 4.69) is 32.2 Å². The molecule has 1 fully saturated rings. The minimum atomic E-state index is -0.140. The summed E-state index contributed by atoms with van der Waals surface area (Å²) in [4.78, 5) is 14.5. The van der Waals surface area contributed by atoms with Crippen molar-refractivity contribution in [2.45, 2.75) is 39.0 Å². The molecule has 6 nitrogen and oxygen atoms in total. The molecule has 3 rings (SSSR count). The quantitative estimate of drug-likeness (QED) is 0.890. The van der Waals surface area contributed by atoms with E-state index in [9.17, 15) is 4.79 Å². The number of amides is 2. The molecule has 0 radical (unpaired) electrons. The van der Waals surface area contributed by atoms with Crippen LogP contribution in [0.25, 0.3) is 5.69 Å². The topological polar surface area (TPSA) is 74.0 Å². The van der Waals surface area contributed by atoms with Crippen molar-refractivity contribution in [3.8, 4) is 11.8 Å². The maximum atomic E-state index is 12.7. The van der Waals surface area contributed by atoms with Gasteiger partial charge in [0.2, 0.25) is 0 Å². The molecule has 1 aliphatic rings. The molecular formula is C20H25N5O. The van der Waals surface area contributed by atoms with Gasteiger partial charge in [-0.2, -0.15) is 10.4 Å². The van der Waals surface area contributed by atoms with Crippen LogP contribution in [0.15, 0.2) is 36.4 Å². The summed E-state index contributed by atoms with van der Waals surface area (Å²) in [6.07, 6.45) is 1.46. The highest BCUT2D eigenvalue weighted by molar-refractivity contribution is 5.89. The van der Waals surface area contributed by atoms with Gasteiger partial charge < -0.3 is 4.90 Å². The van der Waals surface area contributed by atoms with Crippen LogP contribution in [0.5, 0.6) is 0 Å². The first-order valence-electron chi connectivity index (χ1n) is 9.00. The summed E-state index contributed by atoms with van der Waals surface area (Å²) < 4.78 is 1.78. The summed E-state index contributed by atoms with van der Waals surface area (Å²) in [5.74, 6) is 0.718. The van der Waals surface area contributed by atoms with Crippen LogP contribution in [0.2, 0.25) is 0 Å². The Morgan fingerprint density at radius 1 is 1.23 bits per heavy atom. The van der Waals surface area contributed by atoms with Crippen molar-refractivity contribution >= 4 is 11.8 Å².